The van der Waals surface area contributed by atoms with Gasteiger partial charge in [-0.15, -0.1) is 0 Å². The molecular formula is C19H30ClN5O3S. The van der Waals surface area contributed by atoms with Gasteiger partial charge >= 0.3 is 0 Å². The van der Waals surface area contributed by atoms with Gasteiger partial charge in [0.25, 0.3) is 5.91 Å². The Labute approximate surface area is 181 Å². The van der Waals surface area contributed by atoms with Crippen LogP contribution in [0.3, 0.4) is 0 Å². The molecule has 0 spiro atoms. The Hall–Kier alpha value is -1.58. The number of carbonyl (C=O) groups excluding carboxylic acids is 2. The lowest BCUT2D eigenvalue weighted by atomic mass is 9.91. The summed E-state index contributed by atoms with van der Waals surface area (Å²) in [4.78, 5) is 42.0. The third-order valence-corrected chi connectivity index (χ3v) is 5.32. The number of hydrogen-bond donors (Lipinski definition) is 1. The molecule has 1 aliphatic rings. The average Bonchev–Trinajstić information content (AvgIpc) is 2.62. The number of rotatable bonds is 7. The molecule has 0 bridgehead atoms. The number of halogens is 1. The zero-order valence-corrected chi connectivity index (χ0v) is 19.3. The van der Waals surface area contributed by atoms with E-state index in [0.717, 1.165) is 0 Å². The molecule has 1 N–H and O–H groups in total. The molecule has 1 aliphatic heterocycles. The second-order valence-corrected chi connectivity index (χ2v) is 9.53. The Morgan fingerprint density at radius 1 is 1.34 bits per heavy atom. The van der Waals surface area contributed by atoms with E-state index in [-0.39, 0.29) is 29.0 Å². The first-order chi connectivity index (χ1) is 13.6. The molecular weight excluding hydrogens is 414 g/mol. The Bertz CT molecular complexity index is 728. The van der Waals surface area contributed by atoms with Crippen LogP contribution in [0.2, 0.25) is 5.15 Å². The van der Waals surface area contributed by atoms with E-state index < -0.39 is 0 Å². The minimum Gasteiger partial charge on any atom is -0.353 e. The van der Waals surface area contributed by atoms with Crippen molar-refractivity contribution < 1.29 is 14.4 Å². The van der Waals surface area contributed by atoms with E-state index in [1.165, 1.54) is 11.8 Å². The summed E-state index contributed by atoms with van der Waals surface area (Å²) in [6, 6.07) is 1.78. The highest BCUT2D eigenvalue weighted by Gasteiger charge is 2.30. The lowest BCUT2D eigenvalue weighted by Gasteiger charge is -2.41. The number of hydroxylamine groups is 1. The van der Waals surface area contributed by atoms with Gasteiger partial charge in [0.05, 0.1) is 12.4 Å². The summed E-state index contributed by atoms with van der Waals surface area (Å²) in [6.07, 6.45) is 0.529. The molecule has 1 fully saturated rings. The third-order valence-electron chi connectivity index (χ3n) is 4.28. The number of aromatic nitrogens is 2. The largest absolute Gasteiger partial charge is 0.353 e. The second-order valence-electron chi connectivity index (χ2n) is 8.20. The van der Waals surface area contributed by atoms with Crippen LogP contribution in [0.15, 0.2) is 11.2 Å². The summed E-state index contributed by atoms with van der Waals surface area (Å²) in [6.45, 7) is 12.4. The monoisotopic (exact) mass is 443 g/mol. The minimum absolute atomic E-state index is 0.0330. The number of nitrogens with zero attached hydrogens (tertiary/aromatic N) is 4. The van der Waals surface area contributed by atoms with Crippen LogP contribution in [0.1, 0.15) is 41.0 Å². The van der Waals surface area contributed by atoms with Crippen LogP contribution in [-0.4, -0.2) is 64.7 Å². The van der Waals surface area contributed by atoms with E-state index in [1.807, 2.05) is 11.8 Å². The molecule has 0 aromatic carbocycles. The number of hydrogen-bond acceptors (Lipinski definition) is 7. The number of carbonyl (C=O) groups is 2. The van der Waals surface area contributed by atoms with Gasteiger partial charge in [-0.05, 0) is 19.3 Å². The van der Waals surface area contributed by atoms with E-state index in [1.54, 1.807) is 13.0 Å². The third kappa shape index (κ3) is 7.64. The van der Waals surface area contributed by atoms with Crippen LogP contribution in [0, 0.1) is 5.41 Å². The Kier molecular flexibility index (Phi) is 8.54. The maximum atomic E-state index is 12.6. The molecule has 8 nitrogen and oxygen atoms in total. The molecule has 2 rings (SSSR count). The summed E-state index contributed by atoms with van der Waals surface area (Å²) in [5.41, 5.74) is 2.30. The molecule has 162 valence electrons. The quantitative estimate of drug-likeness (QED) is 0.300. The molecule has 0 aliphatic carbocycles. The molecule has 0 radical (unpaired) electrons. The van der Waals surface area contributed by atoms with E-state index >= 15 is 0 Å². The smallest absolute Gasteiger partial charge is 0.254 e. The summed E-state index contributed by atoms with van der Waals surface area (Å²) in [5, 5.41) is 0.750. The maximum absolute atomic E-state index is 12.6. The van der Waals surface area contributed by atoms with Gasteiger partial charge in [0.1, 0.15) is 11.0 Å². The zero-order chi connectivity index (χ0) is 21.6. The van der Waals surface area contributed by atoms with Crippen LogP contribution in [0.5, 0.6) is 0 Å². The fourth-order valence-electron chi connectivity index (χ4n) is 3.02. The minimum atomic E-state index is -0.262. The van der Waals surface area contributed by atoms with E-state index in [2.05, 4.69) is 41.1 Å². The van der Waals surface area contributed by atoms with Crippen molar-refractivity contribution in [1.29, 1.82) is 0 Å². The molecule has 1 saturated heterocycles. The SMILES string of the molecule is CCONC(=O)CSc1nc(Cl)cc(N2CCN(C(=O)CC(C)(C)C)C(C)C2)n1. The van der Waals surface area contributed by atoms with Crippen molar-refractivity contribution in [3.05, 3.63) is 11.2 Å². The first-order valence-electron chi connectivity index (χ1n) is 9.71. The fraction of sp³-hybridized carbons (Fsp3) is 0.684. The average molecular weight is 444 g/mol. The Morgan fingerprint density at radius 3 is 2.69 bits per heavy atom. The standard InChI is InChI=1S/C19H30ClN5O3S/c1-6-28-23-16(26)12-29-18-21-14(20)9-15(22-18)24-7-8-25(13(2)11-24)17(27)10-19(3,4)5/h9,13H,6-8,10-12H2,1-5H3,(H,23,26). The maximum Gasteiger partial charge on any atom is 0.254 e. The van der Waals surface area contributed by atoms with Crippen molar-refractivity contribution in [3.63, 3.8) is 0 Å². The van der Waals surface area contributed by atoms with E-state index in [4.69, 9.17) is 16.4 Å². The van der Waals surface area contributed by atoms with Crippen molar-refractivity contribution in [2.45, 2.75) is 52.2 Å². The fourth-order valence-corrected chi connectivity index (χ4v) is 3.88. The van der Waals surface area contributed by atoms with Gasteiger partial charge in [-0.2, -0.15) is 0 Å². The van der Waals surface area contributed by atoms with Crippen molar-refractivity contribution >= 4 is 41.0 Å². The number of thioether (sulfide) groups is 1. The van der Waals surface area contributed by atoms with Crippen LogP contribution in [0.25, 0.3) is 0 Å². The highest BCUT2D eigenvalue weighted by molar-refractivity contribution is 7.99. The number of anilines is 1. The van der Waals surface area contributed by atoms with Crippen LogP contribution >= 0.6 is 23.4 Å². The molecule has 1 unspecified atom stereocenters. The van der Waals surface area contributed by atoms with Gasteiger partial charge in [-0.1, -0.05) is 44.1 Å². The molecule has 0 saturated carbocycles. The number of piperazine rings is 1. The molecule has 1 aromatic rings. The van der Waals surface area contributed by atoms with Crippen molar-refractivity contribution in [2.24, 2.45) is 5.41 Å². The van der Waals surface area contributed by atoms with Gasteiger partial charge in [-0.3, -0.25) is 14.4 Å². The highest BCUT2D eigenvalue weighted by atomic mass is 35.5. The van der Waals surface area contributed by atoms with Crippen molar-refractivity contribution in [1.82, 2.24) is 20.3 Å². The first-order valence-corrected chi connectivity index (χ1v) is 11.1. The van der Waals surface area contributed by atoms with Crippen LogP contribution in [0.4, 0.5) is 5.82 Å². The van der Waals surface area contributed by atoms with Gasteiger partial charge in [0.2, 0.25) is 5.91 Å². The van der Waals surface area contributed by atoms with Gasteiger partial charge in [-0.25, -0.2) is 15.4 Å². The topological polar surface area (TPSA) is 87.7 Å². The van der Waals surface area contributed by atoms with Crippen LogP contribution in [-0.2, 0) is 14.4 Å². The van der Waals surface area contributed by atoms with Gasteiger partial charge in [0, 0.05) is 38.2 Å². The molecule has 2 amide bonds. The normalized spacial score (nSPS) is 17.4. The lowest BCUT2D eigenvalue weighted by Crippen LogP contribution is -2.54. The van der Waals surface area contributed by atoms with Gasteiger partial charge < -0.3 is 9.80 Å². The molecule has 10 heteroatoms. The van der Waals surface area contributed by atoms with E-state index in [0.29, 0.717) is 48.8 Å². The number of nitrogens with one attached hydrogen (secondary N) is 1. The van der Waals surface area contributed by atoms with Crippen molar-refractivity contribution in [2.75, 3.05) is 36.9 Å². The lowest BCUT2D eigenvalue weighted by molar-refractivity contribution is -0.135. The molecule has 1 atom stereocenters. The van der Waals surface area contributed by atoms with E-state index in [9.17, 15) is 9.59 Å². The second kappa shape index (κ2) is 10.4. The first kappa shape index (κ1) is 23.7. The number of amides is 2. The molecule has 29 heavy (non-hydrogen) atoms. The Balaban J connectivity index is 2.00. The highest BCUT2D eigenvalue weighted by Crippen LogP contribution is 2.26. The predicted octanol–water partition coefficient (Wildman–Crippen LogP) is 2.76. The van der Waals surface area contributed by atoms with Gasteiger partial charge in [0.15, 0.2) is 5.16 Å². The molecule has 2 heterocycles. The van der Waals surface area contributed by atoms with Crippen molar-refractivity contribution in [3.8, 4) is 0 Å². The summed E-state index contributed by atoms with van der Waals surface area (Å²) < 4.78 is 0. The predicted molar refractivity (Wildman–Crippen MR) is 115 cm³/mol. The summed E-state index contributed by atoms with van der Waals surface area (Å²) in [5.74, 6) is 0.752. The zero-order valence-electron chi connectivity index (χ0n) is 17.7. The molecule has 1 aromatic heterocycles. The summed E-state index contributed by atoms with van der Waals surface area (Å²) in [7, 11) is 0. The Morgan fingerprint density at radius 2 is 2.07 bits per heavy atom. The van der Waals surface area contributed by atoms with Crippen LogP contribution < -0.4 is 10.4 Å². The summed E-state index contributed by atoms with van der Waals surface area (Å²) >= 11 is 7.37.